The summed E-state index contributed by atoms with van der Waals surface area (Å²) in [6.07, 6.45) is 2.27. The summed E-state index contributed by atoms with van der Waals surface area (Å²) in [5, 5.41) is 0. The Labute approximate surface area is 176 Å². The second-order valence-electron chi connectivity index (χ2n) is 7.89. The third-order valence-electron chi connectivity index (χ3n) is 6.00. The van der Waals surface area contributed by atoms with Crippen LogP contribution in [-0.2, 0) is 12.3 Å². The Bertz CT molecular complexity index is 933. The van der Waals surface area contributed by atoms with Crippen LogP contribution >= 0.6 is 11.8 Å². The van der Waals surface area contributed by atoms with Crippen molar-refractivity contribution >= 4 is 23.1 Å². The summed E-state index contributed by atoms with van der Waals surface area (Å²) < 4.78 is 13.2. The first-order valence-electron chi connectivity index (χ1n) is 10.3. The Morgan fingerprint density at radius 3 is 2.31 bits per heavy atom. The number of fused-ring (bicyclic) bond motifs is 2. The Balaban J connectivity index is 1.37. The molecule has 0 atom stereocenters. The van der Waals surface area contributed by atoms with Crippen LogP contribution in [0.5, 0.6) is 0 Å². The fraction of sp³-hybridized carbons (Fsp3) is 0.280. The average molecular weight is 405 g/mol. The van der Waals surface area contributed by atoms with Crippen molar-refractivity contribution in [1.82, 2.24) is 4.90 Å². The highest BCUT2D eigenvalue weighted by atomic mass is 32.2. The molecule has 1 fully saturated rings. The van der Waals surface area contributed by atoms with Crippen LogP contribution in [0.2, 0.25) is 0 Å². The molecule has 0 saturated carbocycles. The molecule has 2 heterocycles. The van der Waals surface area contributed by atoms with E-state index in [4.69, 9.17) is 0 Å². The van der Waals surface area contributed by atoms with Crippen LogP contribution in [0.4, 0.5) is 15.8 Å². The normalized spacial score (nSPS) is 17.5. The molecule has 29 heavy (non-hydrogen) atoms. The third-order valence-corrected chi connectivity index (χ3v) is 7.11. The number of likely N-dealkylation sites (tertiary alicyclic amines) is 1. The summed E-state index contributed by atoms with van der Waals surface area (Å²) in [6, 6.07) is 25.1. The van der Waals surface area contributed by atoms with Crippen LogP contribution in [-0.4, -0.2) is 24.0 Å². The number of nitrogens with zero attached hydrogens (tertiary/aromatic N) is 2. The molecule has 0 unspecified atom stereocenters. The highest BCUT2D eigenvalue weighted by Crippen LogP contribution is 2.44. The quantitative estimate of drug-likeness (QED) is 0.511. The van der Waals surface area contributed by atoms with Gasteiger partial charge in [-0.1, -0.05) is 42.5 Å². The van der Waals surface area contributed by atoms with Gasteiger partial charge in [-0.3, -0.25) is 4.90 Å². The van der Waals surface area contributed by atoms with Gasteiger partial charge in [-0.2, -0.15) is 0 Å². The van der Waals surface area contributed by atoms with E-state index in [0.29, 0.717) is 6.04 Å². The first-order valence-corrected chi connectivity index (χ1v) is 11.3. The Hall–Kier alpha value is -2.30. The number of anilines is 2. The number of halogens is 1. The standard InChI is InChI=1S/C25H25FN2S/c26-21-11-9-19(10-12-21)17-27-15-13-22(14-16-27)28-23-6-2-1-5-20(23)18-29-25-8-4-3-7-24(25)28/h1-12,22H,13-18H2. The molecule has 0 radical (unpaired) electrons. The van der Waals surface area contributed by atoms with Gasteiger partial charge in [-0.25, -0.2) is 4.39 Å². The SMILES string of the molecule is Fc1ccc(CN2CCC(N3c4ccccc4CSc4ccccc43)CC2)cc1. The maximum Gasteiger partial charge on any atom is 0.123 e. The van der Waals surface area contributed by atoms with E-state index < -0.39 is 0 Å². The first kappa shape index (κ1) is 18.7. The molecule has 2 nitrogen and oxygen atoms in total. The van der Waals surface area contributed by atoms with Crippen LogP contribution in [0, 0.1) is 5.82 Å². The zero-order valence-corrected chi connectivity index (χ0v) is 17.2. The molecular formula is C25H25FN2S. The summed E-state index contributed by atoms with van der Waals surface area (Å²) in [6.45, 7) is 3.03. The zero-order chi connectivity index (χ0) is 19.6. The largest absolute Gasteiger partial charge is 0.337 e. The van der Waals surface area contributed by atoms with E-state index in [0.717, 1.165) is 38.2 Å². The van der Waals surface area contributed by atoms with Gasteiger partial charge in [-0.05, 0) is 54.3 Å². The first-order chi connectivity index (χ1) is 14.3. The van der Waals surface area contributed by atoms with Crippen molar-refractivity contribution in [3.05, 3.63) is 89.7 Å². The fourth-order valence-corrected chi connectivity index (χ4v) is 5.55. The molecule has 0 bridgehead atoms. The number of hydrogen-bond donors (Lipinski definition) is 0. The summed E-state index contributed by atoms with van der Waals surface area (Å²) in [7, 11) is 0. The van der Waals surface area contributed by atoms with Crippen molar-refractivity contribution in [3.63, 3.8) is 0 Å². The molecule has 0 aromatic heterocycles. The summed E-state index contributed by atoms with van der Waals surface area (Å²) in [5.41, 5.74) is 5.32. The van der Waals surface area contributed by atoms with Gasteiger partial charge in [0.2, 0.25) is 0 Å². The Morgan fingerprint density at radius 1 is 0.828 bits per heavy atom. The van der Waals surface area contributed by atoms with Crippen molar-refractivity contribution in [3.8, 4) is 0 Å². The van der Waals surface area contributed by atoms with E-state index >= 15 is 0 Å². The van der Waals surface area contributed by atoms with E-state index in [1.807, 2.05) is 23.9 Å². The van der Waals surface area contributed by atoms with Gasteiger partial charge in [0, 0.05) is 42.0 Å². The third kappa shape index (κ3) is 3.92. The van der Waals surface area contributed by atoms with E-state index in [1.165, 1.54) is 27.4 Å². The van der Waals surface area contributed by atoms with Gasteiger partial charge in [0.25, 0.3) is 0 Å². The summed E-state index contributed by atoms with van der Waals surface area (Å²) in [5.74, 6) is 0.858. The van der Waals surface area contributed by atoms with Crippen molar-refractivity contribution in [1.29, 1.82) is 0 Å². The molecule has 0 N–H and O–H groups in total. The predicted octanol–water partition coefficient (Wildman–Crippen LogP) is 6.23. The molecule has 0 amide bonds. The number of benzene rings is 3. The molecular weight excluding hydrogens is 379 g/mol. The lowest BCUT2D eigenvalue weighted by molar-refractivity contribution is 0.205. The smallest absolute Gasteiger partial charge is 0.123 e. The number of piperidine rings is 1. The van der Waals surface area contributed by atoms with Gasteiger partial charge in [0.1, 0.15) is 5.82 Å². The van der Waals surface area contributed by atoms with Gasteiger partial charge in [0.15, 0.2) is 0 Å². The molecule has 2 aliphatic heterocycles. The van der Waals surface area contributed by atoms with Gasteiger partial charge in [-0.15, -0.1) is 11.8 Å². The number of hydrogen-bond acceptors (Lipinski definition) is 3. The maximum atomic E-state index is 13.2. The lowest BCUT2D eigenvalue weighted by Crippen LogP contribution is -2.43. The molecule has 1 saturated heterocycles. The van der Waals surface area contributed by atoms with Crippen molar-refractivity contribution < 1.29 is 4.39 Å². The molecule has 0 aliphatic carbocycles. The average Bonchev–Trinajstić information content (AvgIpc) is 2.93. The van der Waals surface area contributed by atoms with Crippen molar-refractivity contribution in [2.24, 2.45) is 0 Å². The highest BCUT2D eigenvalue weighted by Gasteiger charge is 2.30. The molecule has 3 aromatic carbocycles. The number of thioether (sulfide) groups is 1. The van der Waals surface area contributed by atoms with Crippen LogP contribution < -0.4 is 4.90 Å². The molecule has 0 spiro atoms. The summed E-state index contributed by atoms with van der Waals surface area (Å²) in [4.78, 5) is 6.46. The molecule has 2 aliphatic rings. The van der Waals surface area contributed by atoms with Crippen LogP contribution in [0.15, 0.2) is 77.7 Å². The predicted molar refractivity (Wildman–Crippen MR) is 119 cm³/mol. The van der Waals surface area contributed by atoms with Crippen molar-refractivity contribution in [2.45, 2.75) is 36.1 Å². The van der Waals surface area contributed by atoms with E-state index in [-0.39, 0.29) is 5.82 Å². The number of rotatable bonds is 3. The fourth-order valence-electron chi connectivity index (χ4n) is 4.51. The maximum absolute atomic E-state index is 13.2. The van der Waals surface area contributed by atoms with Gasteiger partial charge >= 0.3 is 0 Å². The topological polar surface area (TPSA) is 6.48 Å². The minimum Gasteiger partial charge on any atom is -0.337 e. The zero-order valence-electron chi connectivity index (χ0n) is 16.4. The second-order valence-corrected chi connectivity index (χ2v) is 8.91. The second kappa shape index (κ2) is 8.21. The Morgan fingerprint density at radius 2 is 1.52 bits per heavy atom. The Kier molecular flexibility index (Phi) is 5.30. The van der Waals surface area contributed by atoms with Gasteiger partial charge in [0.05, 0.1) is 5.69 Å². The molecule has 5 rings (SSSR count). The van der Waals surface area contributed by atoms with Crippen LogP contribution in [0.1, 0.15) is 24.0 Å². The van der Waals surface area contributed by atoms with Crippen molar-refractivity contribution in [2.75, 3.05) is 18.0 Å². The number of para-hydroxylation sites is 2. The summed E-state index contributed by atoms with van der Waals surface area (Å²) >= 11 is 1.94. The lowest BCUT2D eigenvalue weighted by Gasteiger charge is -2.40. The van der Waals surface area contributed by atoms with Crippen LogP contribution in [0.25, 0.3) is 0 Å². The monoisotopic (exact) mass is 404 g/mol. The highest BCUT2D eigenvalue weighted by molar-refractivity contribution is 7.98. The van der Waals surface area contributed by atoms with Crippen LogP contribution in [0.3, 0.4) is 0 Å². The van der Waals surface area contributed by atoms with E-state index in [1.54, 1.807) is 12.1 Å². The molecule has 148 valence electrons. The minimum absolute atomic E-state index is 0.163. The minimum atomic E-state index is -0.163. The molecule has 3 aromatic rings. The van der Waals surface area contributed by atoms with E-state index in [9.17, 15) is 4.39 Å². The lowest BCUT2D eigenvalue weighted by atomic mass is 9.99. The molecule has 4 heteroatoms. The van der Waals surface area contributed by atoms with E-state index in [2.05, 4.69) is 58.3 Å². The van der Waals surface area contributed by atoms with Gasteiger partial charge < -0.3 is 4.90 Å².